The summed E-state index contributed by atoms with van der Waals surface area (Å²) in [6, 6.07) is 4.14. The summed E-state index contributed by atoms with van der Waals surface area (Å²) in [5.41, 5.74) is 1.79. The fraction of sp³-hybridized carbons (Fsp3) is 0.731. The lowest BCUT2D eigenvalue weighted by Gasteiger charge is -2.49. The molecule has 3 atom stereocenters. The van der Waals surface area contributed by atoms with Gasteiger partial charge in [-0.15, -0.1) is 0 Å². The zero-order chi connectivity index (χ0) is 22.6. The summed E-state index contributed by atoms with van der Waals surface area (Å²) < 4.78 is 6.51. The number of benzene rings is 1. The Hall–Kier alpha value is -1.42. The van der Waals surface area contributed by atoms with Crippen LogP contribution in [0.5, 0.6) is 11.5 Å². The molecule has 1 heterocycles. The molecular formula is C26H39NO3S. The first kappa shape index (κ1) is 24.2. The highest BCUT2D eigenvalue weighted by atomic mass is 32.1. The number of aliphatic hydroxyl groups is 1. The minimum atomic E-state index is -0.266. The quantitative estimate of drug-likeness (QED) is 0.263. The van der Waals surface area contributed by atoms with Crippen molar-refractivity contribution in [1.82, 2.24) is 0 Å². The van der Waals surface area contributed by atoms with Crippen LogP contribution in [0.1, 0.15) is 96.1 Å². The lowest BCUT2D eigenvalue weighted by atomic mass is 9.63. The van der Waals surface area contributed by atoms with Crippen molar-refractivity contribution in [2.75, 3.05) is 13.2 Å². The molecule has 1 saturated carbocycles. The molecule has 2 N–H and O–H groups in total. The van der Waals surface area contributed by atoms with Crippen LogP contribution in [0, 0.1) is 11.8 Å². The highest BCUT2D eigenvalue weighted by Gasteiger charge is 2.47. The molecular weight excluding hydrogens is 406 g/mol. The van der Waals surface area contributed by atoms with Crippen molar-refractivity contribution in [1.29, 1.82) is 0 Å². The molecule has 172 valence electrons. The van der Waals surface area contributed by atoms with E-state index in [1.165, 1.54) is 6.42 Å². The Labute approximate surface area is 193 Å². The van der Waals surface area contributed by atoms with Crippen molar-refractivity contribution >= 4 is 17.4 Å². The van der Waals surface area contributed by atoms with E-state index in [1.54, 1.807) is 0 Å². The molecule has 3 rings (SSSR count). The summed E-state index contributed by atoms with van der Waals surface area (Å²) in [5, 5.41) is 23.3. The van der Waals surface area contributed by atoms with E-state index in [-0.39, 0.29) is 23.5 Å². The van der Waals surface area contributed by atoms with E-state index < -0.39 is 0 Å². The summed E-state index contributed by atoms with van der Waals surface area (Å²) in [4.78, 5) is 3.98. The van der Waals surface area contributed by atoms with Gasteiger partial charge in [0.15, 0.2) is 0 Å². The van der Waals surface area contributed by atoms with Gasteiger partial charge in [-0.05, 0) is 93.1 Å². The number of fused-ring (bicyclic) bond motifs is 3. The predicted octanol–water partition coefficient (Wildman–Crippen LogP) is 6.39. The molecule has 4 nitrogen and oxygen atoms in total. The lowest BCUT2D eigenvalue weighted by Crippen LogP contribution is -2.47. The first-order valence-electron chi connectivity index (χ1n) is 11.9. The second-order valence-corrected chi connectivity index (χ2v) is 10.9. The van der Waals surface area contributed by atoms with E-state index >= 15 is 0 Å². The topological polar surface area (TPSA) is 62.1 Å². The number of thiocarbonyl (C=S) groups is 1. The number of aliphatic hydroxyl groups excluding tert-OH is 1. The summed E-state index contributed by atoms with van der Waals surface area (Å²) in [6.07, 6.45) is 8.56. The van der Waals surface area contributed by atoms with Crippen LogP contribution in [0.15, 0.2) is 17.1 Å². The Balaban J connectivity index is 1.76. The number of unbranched alkanes of at least 4 members (excludes halogenated alkanes) is 3. The van der Waals surface area contributed by atoms with E-state index in [4.69, 9.17) is 4.74 Å². The van der Waals surface area contributed by atoms with E-state index in [1.807, 2.05) is 6.07 Å². The second-order valence-electron chi connectivity index (χ2n) is 10.7. The Kier molecular flexibility index (Phi) is 7.83. The minimum absolute atomic E-state index is 0.0381. The van der Waals surface area contributed by atoms with Gasteiger partial charge in [-0.3, -0.25) is 0 Å². The Morgan fingerprint density at radius 3 is 2.65 bits per heavy atom. The smallest absolute Gasteiger partial charge is 0.127 e. The van der Waals surface area contributed by atoms with Crippen LogP contribution in [-0.4, -0.2) is 34.1 Å². The third kappa shape index (κ3) is 5.50. The zero-order valence-electron chi connectivity index (χ0n) is 19.6. The fourth-order valence-corrected chi connectivity index (χ4v) is 5.79. The number of ether oxygens (including phenoxy) is 1. The highest BCUT2D eigenvalue weighted by molar-refractivity contribution is 7.78. The SMILES string of the molecule is CC(C)(CCCCCCN=C=S)c1cc(O)c2c(c1)OC(C)(C)[C@@H]1CC[C@@H](CO)C[C@@H]21. The van der Waals surface area contributed by atoms with Gasteiger partial charge >= 0.3 is 0 Å². The van der Waals surface area contributed by atoms with Crippen LogP contribution in [0.2, 0.25) is 0 Å². The Morgan fingerprint density at radius 1 is 1.19 bits per heavy atom. The molecule has 0 amide bonds. The third-order valence-corrected chi connectivity index (χ3v) is 7.77. The van der Waals surface area contributed by atoms with Gasteiger partial charge in [0.2, 0.25) is 0 Å². The standard InChI is InChI=1S/C26H39NO3S/c1-25(2,11-7-5-6-8-12-27-17-31)19-14-22(29)24-20-13-18(16-28)9-10-21(20)26(3,4)30-23(24)15-19/h14-15,18,20-21,28-29H,5-13,16H2,1-4H3/t18-,20-,21-/m1/s1. The van der Waals surface area contributed by atoms with Crippen LogP contribution in [0.4, 0.5) is 0 Å². The van der Waals surface area contributed by atoms with Crippen LogP contribution in [0.25, 0.3) is 0 Å². The molecule has 1 aliphatic heterocycles. The summed E-state index contributed by atoms with van der Waals surface area (Å²) in [7, 11) is 0. The maximum atomic E-state index is 11.1. The third-order valence-electron chi connectivity index (χ3n) is 7.64. The van der Waals surface area contributed by atoms with Gasteiger partial charge < -0.3 is 14.9 Å². The minimum Gasteiger partial charge on any atom is -0.508 e. The summed E-state index contributed by atoms with van der Waals surface area (Å²) in [5.74, 6) is 2.13. The molecule has 0 unspecified atom stereocenters. The Bertz CT molecular complexity index is 813. The molecule has 0 saturated heterocycles. The predicted molar refractivity (Wildman–Crippen MR) is 129 cm³/mol. The van der Waals surface area contributed by atoms with Crippen molar-refractivity contribution in [3.05, 3.63) is 23.3 Å². The van der Waals surface area contributed by atoms with Crippen LogP contribution in [-0.2, 0) is 5.41 Å². The van der Waals surface area contributed by atoms with Crippen molar-refractivity contribution in [3.8, 4) is 11.5 Å². The lowest BCUT2D eigenvalue weighted by molar-refractivity contribution is -0.0211. The van der Waals surface area contributed by atoms with Crippen molar-refractivity contribution < 1.29 is 14.9 Å². The molecule has 0 aromatic heterocycles. The molecule has 31 heavy (non-hydrogen) atoms. The van der Waals surface area contributed by atoms with Gasteiger partial charge in [0.1, 0.15) is 17.1 Å². The number of hydrogen-bond donors (Lipinski definition) is 2. The van der Waals surface area contributed by atoms with E-state index in [2.05, 4.69) is 56.1 Å². The number of isothiocyanates is 1. The average Bonchev–Trinajstić information content (AvgIpc) is 2.71. The van der Waals surface area contributed by atoms with Crippen LogP contribution in [0.3, 0.4) is 0 Å². The van der Waals surface area contributed by atoms with Crippen molar-refractivity contribution in [2.45, 2.75) is 96.0 Å². The fourth-order valence-electron chi connectivity index (χ4n) is 5.69. The van der Waals surface area contributed by atoms with E-state index in [0.717, 1.165) is 68.4 Å². The number of nitrogens with zero attached hydrogens (tertiary/aromatic N) is 1. The number of hydrogen-bond acceptors (Lipinski definition) is 5. The molecule has 5 heteroatoms. The molecule has 1 aromatic carbocycles. The molecule has 1 fully saturated rings. The first-order chi connectivity index (χ1) is 14.7. The highest BCUT2D eigenvalue weighted by Crippen LogP contribution is 2.56. The van der Waals surface area contributed by atoms with E-state index in [9.17, 15) is 10.2 Å². The van der Waals surface area contributed by atoms with E-state index in [0.29, 0.717) is 17.6 Å². The largest absolute Gasteiger partial charge is 0.508 e. The normalized spacial score (nSPS) is 24.5. The number of aliphatic imine (C=N–C) groups is 1. The van der Waals surface area contributed by atoms with Crippen LogP contribution < -0.4 is 4.74 Å². The number of phenolic OH excluding ortho intramolecular Hbond substituents is 1. The van der Waals surface area contributed by atoms with Crippen molar-refractivity contribution in [3.63, 3.8) is 0 Å². The molecule has 0 bridgehead atoms. The van der Waals surface area contributed by atoms with Gasteiger partial charge in [0, 0.05) is 24.6 Å². The monoisotopic (exact) mass is 445 g/mol. The first-order valence-corrected chi connectivity index (χ1v) is 12.3. The molecule has 0 spiro atoms. The average molecular weight is 446 g/mol. The number of aromatic hydroxyl groups is 1. The maximum Gasteiger partial charge on any atom is 0.127 e. The molecule has 2 aliphatic rings. The number of rotatable bonds is 9. The zero-order valence-corrected chi connectivity index (χ0v) is 20.4. The Morgan fingerprint density at radius 2 is 1.94 bits per heavy atom. The molecule has 0 radical (unpaired) electrons. The summed E-state index contributed by atoms with van der Waals surface area (Å²) >= 11 is 4.61. The molecule has 1 aromatic rings. The van der Waals surface area contributed by atoms with Gasteiger partial charge in [0.25, 0.3) is 0 Å². The van der Waals surface area contributed by atoms with Crippen molar-refractivity contribution in [2.24, 2.45) is 16.8 Å². The van der Waals surface area contributed by atoms with Gasteiger partial charge in [-0.1, -0.05) is 33.1 Å². The molecule has 1 aliphatic carbocycles. The van der Waals surface area contributed by atoms with Crippen LogP contribution >= 0.6 is 12.2 Å². The maximum absolute atomic E-state index is 11.1. The van der Waals surface area contributed by atoms with Gasteiger partial charge in [-0.25, -0.2) is 4.99 Å². The summed E-state index contributed by atoms with van der Waals surface area (Å²) in [6.45, 7) is 9.86. The second kappa shape index (κ2) is 10.0. The van der Waals surface area contributed by atoms with Gasteiger partial charge in [-0.2, -0.15) is 0 Å². The van der Waals surface area contributed by atoms with Gasteiger partial charge in [0.05, 0.1) is 5.16 Å². The number of phenols is 1.